The highest BCUT2D eigenvalue weighted by Crippen LogP contribution is 2.15. The smallest absolute Gasteiger partial charge is 0.210 e. The van der Waals surface area contributed by atoms with E-state index in [4.69, 9.17) is 10.6 Å². The van der Waals surface area contributed by atoms with Gasteiger partial charge in [0.15, 0.2) is 0 Å². The lowest BCUT2D eigenvalue weighted by Crippen LogP contribution is -2.36. The van der Waals surface area contributed by atoms with Crippen molar-refractivity contribution in [1.82, 2.24) is 5.43 Å². The molecule has 0 spiro atoms. The number of hydrogen-bond donors (Lipinski definition) is 3. The summed E-state index contributed by atoms with van der Waals surface area (Å²) in [6, 6.07) is 4.44. The van der Waals surface area contributed by atoms with Crippen LogP contribution in [0.2, 0.25) is 0 Å². The quantitative estimate of drug-likeness (QED) is 0.241. The van der Waals surface area contributed by atoms with Gasteiger partial charge in [-0.3, -0.25) is 5.43 Å². The zero-order valence-electron chi connectivity index (χ0n) is 9.96. The first-order valence-electron chi connectivity index (χ1n) is 5.20. The van der Waals surface area contributed by atoms with Gasteiger partial charge < -0.3 is 10.1 Å². The number of nitrogens with one attached hydrogen (secondary N) is 2. The minimum Gasteiger partial charge on any atom is -0.383 e. The second-order valence-corrected chi connectivity index (χ2v) is 3.45. The maximum absolute atomic E-state index is 12.9. The van der Waals surface area contributed by atoms with Crippen molar-refractivity contribution in [3.8, 4) is 0 Å². The lowest BCUT2D eigenvalue weighted by atomic mass is 10.2. The highest BCUT2D eigenvalue weighted by molar-refractivity contribution is 5.93. The molecule has 0 atom stereocenters. The van der Waals surface area contributed by atoms with Crippen LogP contribution in [0.1, 0.15) is 5.56 Å². The predicted molar refractivity (Wildman–Crippen MR) is 66.3 cm³/mol. The molecule has 5 nitrogen and oxygen atoms in total. The van der Waals surface area contributed by atoms with Crippen molar-refractivity contribution in [3.63, 3.8) is 0 Å². The zero-order valence-corrected chi connectivity index (χ0v) is 9.96. The van der Waals surface area contributed by atoms with Crippen LogP contribution in [0.5, 0.6) is 0 Å². The van der Waals surface area contributed by atoms with E-state index in [0.717, 1.165) is 11.3 Å². The Morgan fingerprint density at radius 3 is 2.88 bits per heavy atom. The summed E-state index contributed by atoms with van der Waals surface area (Å²) in [6.45, 7) is 2.80. The molecule has 0 saturated carbocycles. The van der Waals surface area contributed by atoms with E-state index in [1.165, 1.54) is 12.1 Å². The number of hydrazine groups is 1. The van der Waals surface area contributed by atoms with Crippen molar-refractivity contribution in [2.75, 3.05) is 25.6 Å². The first-order valence-corrected chi connectivity index (χ1v) is 5.20. The molecule has 0 unspecified atom stereocenters. The molecule has 0 radical (unpaired) electrons. The van der Waals surface area contributed by atoms with Crippen LogP contribution in [0.25, 0.3) is 0 Å². The zero-order chi connectivity index (χ0) is 12.7. The van der Waals surface area contributed by atoms with Gasteiger partial charge in [-0.15, -0.1) is 0 Å². The van der Waals surface area contributed by atoms with E-state index < -0.39 is 0 Å². The van der Waals surface area contributed by atoms with Crippen LogP contribution in [-0.4, -0.2) is 26.2 Å². The Balaban J connectivity index is 2.70. The third kappa shape index (κ3) is 4.38. The summed E-state index contributed by atoms with van der Waals surface area (Å²) in [7, 11) is 1.60. The average Bonchev–Trinajstić information content (AvgIpc) is 2.31. The Bertz CT molecular complexity index is 395. The van der Waals surface area contributed by atoms with Crippen molar-refractivity contribution >= 4 is 11.6 Å². The van der Waals surface area contributed by atoms with Crippen LogP contribution in [-0.2, 0) is 4.74 Å². The maximum atomic E-state index is 12.9. The highest BCUT2D eigenvalue weighted by atomic mass is 19.1. The van der Waals surface area contributed by atoms with Gasteiger partial charge in [-0.25, -0.2) is 15.2 Å². The molecular weight excluding hydrogens is 223 g/mol. The van der Waals surface area contributed by atoms with Gasteiger partial charge in [-0.1, -0.05) is 0 Å². The summed E-state index contributed by atoms with van der Waals surface area (Å²) in [5, 5.41) is 2.97. The Hall–Kier alpha value is -1.66. The van der Waals surface area contributed by atoms with E-state index in [0.29, 0.717) is 19.1 Å². The SMILES string of the molecule is COCCN=C(NN)Nc1ccc(F)cc1C. The summed E-state index contributed by atoms with van der Waals surface area (Å²) in [5.74, 6) is 5.47. The monoisotopic (exact) mass is 240 g/mol. The molecule has 0 aliphatic heterocycles. The minimum atomic E-state index is -0.272. The number of halogens is 1. The Morgan fingerprint density at radius 1 is 1.53 bits per heavy atom. The number of rotatable bonds is 4. The number of nitrogens with two attached hydrogens (primary N) is 1. The molecule has 0 aliphatic rings. The Kier molecular flexibility index (Phi) is 5.38. The summed E-state index contributed by atoms with van der Waals surface area (Å²) in [6.07, 6.45) is 0. The number of nitrogens with zero attached hydrogens (tertiary/aromatic N) is 1. The molecular formula is C11H17FN4O. The number of aliphatic imine (C=N–C) groups is 1. The minimum absolute atomic E-state index is 0.272. The van der Waals surface area contributed by atoms with Gasteiger partial charge in [-0.2, -0.15) is 0 Å². The summed E-state index contributed by atoms with van der Waals surface area (Å²) in [5.41, 5.74) is 3.97. The van der Waals surface area contributed by atoms with E-state index in [-0.39, 0.29) is 5.82 Å². The molecule has 0 heterocycles. The molecule has 0 aliphatic carbocycles. The van der Waals surface area contributed by atoms with Crippen molar-refractivity contribution < 1.29 is 9.13 Å². The average molecular weight is 240 g/mol. The molecule has 17 heavy (non-hydrogen) atoms. The molecule has 1 rings (SSSR count). The summed E-state index contributed by atoms with van der Waals surface area (Å²) < 4.78 is 17.8. The first-order chi connectivity index (χ1) is 8.17. The number of guanidine groups is 1. The van der Waals surface area contributed by atoms with Gasteiger partial charge in [-0.05, 0) is 30.7 Å². The summed E-state index contributed by atoms with van der Waals surface area (Å²) in [4.78, 5) is 4.14. The largest absolute Gasteiger partial charge is 0.383 e. The normalized spacial score (nSPS) is 11.4. The molecule has 6 heteroatoms. The highest BCUT2D eigenvalue weighted by Gasteiger charge is 2.02. The van der Waals surface area contributed by atoms with E-state index >= 15 is 0 Å². The Labute approximate surface area is 99.8 Å². The fourth-order valence-electron chi connectivity index (χ4n) is 1.26. The van der Waals surface area contributed by atoms with Gasteiger partial charge in [0.1, 0.15) is 5.82 Å². The number of hydrogen-bond acceptors (Lipinski definition) is 3. The van der Waals surface area contributed by atoms with Gasteiger partial charge in [0.05, 0.1) is 13.2 Å². The second kappa shape index (κ2) is 6.82. The van der Waals surface area contributed by atoms with Gasteiger partial charge >= 0.3 is 0 Å². The van der Waals surface area contributed by atoms with Crippen molar-refractivity contribution in [1.29, 1.82) is 0 Å². The fraction of sp³-hybridized carbons (Fsp3) is 0.364. The van der Waals surface area contributed by atoms with E-state index in [1.807, 2.05) is 0 Å². The van der Waals surface area contributed by atoms with Crippen molar-refractivity contribution in [2.45, 2.75) is 6.92 Å². The topological polar surface area (TPSA) is 71.7 Å². The molecule has 0 aromatic heterocycles. The van der Waals surface area contributed by atoms with Crippen molar-refractivity contribution in [3.05, 3.63) is 29.6 Å². The molecule has 94 valence electrons. The number of anilines is 1. The van der Waals surface area contributed by atoms with Crippen LogP contribution in [0.3, 0.4) is 0 Å². The van der Waals surface area contributed by atoms with Crippen LogP contribution in [0.4, 0.5) is 10.1 Å². The number of ether oxygens (including phenoxy) is 1. The van der Waals surface area contributed by atoms with Crippen molar-refractivity contribution in [2.24, 2.45) is 10.8 Å². The lowest BCUT2D eigenvalue weighted by Gasteiger charge is -2.11. The standard InChI is InChI=1S/C11H17FN4O/c1-8-7-9(12)3-4-10(8)15-11(16-13)14-5-6-17-2/h3-4,7H,5-6,13H2,1-2H3,(H2,14,15,16). The third-order valence-electron chi connectivity index (χ3n) is 2.14. The molecule has 0 bridgehead atoms. The van der Waals surface area contributed by atoms with E-state index in [2.05, 4.69) is 15.7 Å². The predicted octanol–water partition coefficient (Wildman–Crippen LogP) is 1.01. The molecule has 0 fully saturated rings. The third-order valence-corrected chi connectivity index (χ3v) is 2.14. The van der Waals surface area contributed by atoms with Crippen LogP contribution >= 0.6 is 0 Å². The van der Waals surface area contributed by atoms with Crippen LogP contribution in [0, 0.1) is 12.7 Å². The first kappa shape index (κ1) is 13.4. The molecule has 4 N–H and O–H groups in total. The van der Waals surface area contributed by atoms with Gasteiger partial charge in [0, 0.05) is 12.8 Å². The number of benzene rings is 1. The fourth-order valence-corrected chi connectivity index (χ4v) is 1.26. The second-order valence-electron chi connectivity index (χ2n) is 3.45. The van der Waals surface area contributed by atoms with E-state index in [1.54, 1.807) is 20.1 Å². The molecule has 0 saturated heterocycles. The van der Waals surface area contributed by atoms with Gasteiger partial charge in [0.2, 0.25) is 5.96 Å². The maximum Gasteiger partial charge on any atom is 0.210 e. The molecule has 1 aromatic carbocycles. The van der Waals surface area contributed by atoms with E-state index in [9.17, 15) is 4.39 Å². The van der Waals surface area contributed by atoms with Crippen LogP contribution in [0.15, 0.2) is 23.2 Å². The van der Waals surface area contributed by atoms with Crippen LogP contribution < -0.4 is 16.6 Å². The summed E-state index contributed by atoms with van der Waals surface area (Å²) >= 11 is 0. The van der Waals surface area contributed by atoms with Gasteiger partial charge in [0.25, 0.3) is 0 Å². The Morgan fingerprint density at radius 2 is 2.29 bits per heavy atom. The molecule has 0 amide bonds. The lowest BCUT2D eigenvalue weighted by molar-refractivity contribution is 0.208. The number of methoxy groups -OCH3 is 1. The number of aryl methyl sites for hydroxylation is 1. The molecule has 1 aromatic rings.